The summed E-state index contributed by atoms with van der Waals surface area (Å²) < 4.78 is 40.4. The van der Waals surface area contributed by atoms with E-state index in [0.29, 0.717) is 42.3 Å². The molecule has 0 aliphatic heterocycles. The summed E-state index contributed by atoms with van der Waals surface area (Å²) in [5.74, 6) is 1.36. The van der Waals surface area contributed by atoms with E-state index >= 15 is 0 Å². The Hall–Kier alpha value is -0.540. The Morgan fingerprint density at radius 1 is 0.885 bits per heavy atom. The number of fused-ring (bicyclic) bond motifs is 5. The minimum absolute atomic E-state index is 0.0916. The molecule has 0 N–H and O–H groups in total. The van der Waals surface area contributed by atoms with E-state index in [4.69, 9.17) is 0 Å². The van der Waals surface area contributed by atoms with Gasteiger partial charge in [-0.05, 0) is 99.2 Å². The Kier molecular flexibility index (Phi) is 4.32. The number of carbonyl (C=O) groups excluding carboxylic acids is 1. The van der Waals surface area contributed by atoms with Gasteiger partial charge in [-0.1, -0.05) is 13.8 Å². The molecule has 4 rings (SSSR count). The van der Waals surface area contributed by atoms with Crippen LogP contribution < -0.4 is 0 Å². The van der Waals surface area contributed by atoms with E-state index in [0.717, 1.165) is 38.5 Å². The lowest BCUT2D eigenvalue weighted by Gasteiger charge is -2.61. The molecular weight excluding hydrogens is 337 g/mol. The van der Waals surface area contributed by atoms with Crippen LogP contribution in [0.1, 0.15) is 78.6 Å². The molecule has 0 aromatic rings. The average molecular weight is 370 g/mol. The number of carbonyl (C=O) groups is 1. The molecule has 2 unspecified atom stereocenters. The molecule has 26 heavy (non-hydrogen) atoms. The predicted molar refractivity (Wildman–Crippen MR) is 95.4 cm³/mol. The van der Waals surface area contributed by atoms with Gasteiger partial charge < -0.3 is 0 Å². The van der Waals surface area contributed by atoms with Gasteiger partial charge in [0.1, 0.15) is 5.78 Å². The van der Waals surface area contributed by atoms with Crippen molar-refractivity contribution in [3.8, 4) is 0 Å². The molecule has 1 nitrogen and oxygen atoms in total. The van der Waals surface area contributed by atoms with Crippen molar-refractivity contribution in [2.75, 3.05) is 0 Å². The second-order valence-corrected chi connectivity index (χ2v) is 10.5. The van der Waals surface area contributed by atoms with E-state index in [1.54, 1.807) is 6.92 Å². The number of halogens is 3. The van der Waals surface area contributed by atoms with Gasteiger partial charge >= 0.3 is 6.18 Å². The number of hydrogen-bond acceptors (Lipinski definition) is 1. The molecule has 0 aromatic carbocycles. The third-order valence-electron chi connectivity index (χ3n) is 9.57. The fourth-order valence-corrected chi connectivity index (χ4v) is 8.31. The Bertz CT molecular complexity index is 584. The van der Waals surface area contributed by atoms with Crippen LogP contribution in [-0.4, -0.2) is 12.0 Å². The molecule has 4 heteroatoms. The maximum Gasteiger partial charge on any atom is 0.391 e. The topological polar surface area (TPSA) is 17.1 Å². The van der Waals surface area contributed by atoms with E-state index in [9.17, 15) is 18.0 Å². The number of ketones is 1. The lowest BCUT2D eigenvalue weighted by Crippen LogP contribution is -2.54. The molecule has 0 amide bonds. The van der Waals surface area contributed by atoms with Gasteiger partial charge in [0.2, 0.25) is 0 Å². The highest BCUT2D eigenvalue weighted by atomic mass is 19.4. The molecule has 4 aliphatic rings. The van der Waals surface area contributed by atoms with Crippen LogP contribution in [-0.2, 0) is 4.79 Å². The van der Waals surface area contributed by atoms with Crippen LogP contribution in [0.25, 0.3) is 0 Å². The van der Waals surface area contributed by atoms with E-state index in [1.165, 1.54) is 6.42 Å². The number of rotatable bonds is 1. The molecule has 0 saturated heterocycles. The number of alkyl halides is 3. The van der Waals surface area contributed by atoms with E-state index in [2.05, 4.69) is 13.8 Å². The third-order valence-corrected chi connectivity index (χ3v) is 9.57. The summed E-state index contributed by atoms with van der Waals surface area (Å²) in [6.07, 6.45) is 3.79. The molecule has 4 aliphatic carbocycles. The first-order valence-electron chi connectivity index (χ1n) is 10.6. The molecular formula is C22H33F3O. The fraction of sp³-hybridized carbons (Fsp3) is 0.955. The van der Waals surface area contributed by atoms with Crippen LogP contribution in [0.15, 0.2) is 0 Å². The van der Waals surface area contributed by atoms with Crippen molar-refractivity contribution < 1.29 is 18.0 Å². The quantitative estimate of drug-likeness (QED) is 0.521. The maximum absolute atomic E-state index is 13.5. The fourth-order valence-electron chi connectivity index (χ4n) is 8.31. The first kappa shape index (κ1) is 18.8. The Morgan fingerprint density at radius 3 is 2.19 bits per heavy atom. The van der Waals surface area contributed by atoms with Gasteiger partial charge in [0, 0.05) is 5.92 Å². The van der Waals surface area contributed by atoms with Crippen LogP contribution in [0, 0.1) is 46.3 Å². The van der Waals surface area contributed by atoms with Crippen LogP contribution >= 0.6 is 0 Å². The standard InChI is InChI=1S/C22H33F3O/c1-13(26)17-8-9-18-16-7-6-14-4-5-15(22(23,24)25)12-21(14,3)19(16)10-11-20(17,18)2/h14-19H,4-12H2,1-3H3/t14?,15?,16-,17+,18-,19-,20+,21-/m0/s1. The SMILES string of the molecule is CC(=O)[C@H]1CC[C@H]2[C@@H]3CCC4CCC(C(F)(F)F)C[C@]4(C)[C@H]3CC[C@]12C. The van der Waals surface area contributed by atoms with Gasteiger partial charge in [0.05, 0.1) is 5.92 Å². The third kappa shape index (κ3) is 2.60. The molecule has 0 radical (unpaired) electrons. The minimum Gasteiger partial charge on any atom is -0.300 e. The van der Waals surface area contributed by atoms with Crippen LogP contribution in [0.2, 0.25) is 0 Å². The van der Waals surface area contributed by atoms with Crippen molar-refractivity contribution in [1.82, 2.24) is 0 Å². The van der Waals surface area contributed by atoms with Gasteiger partial charge in [-0.2, -0.15) is 13.2 Å². The summed E-state index contributed by atoms with van der Waals surface area (Å²) in [5, 5.41) is 0. The lowest BCUT2D eigenvalue weighted by atomic mass is 9.44. The zero-order chi connectivity index (χ0) is 18.9. The monoisotopic (exact) mass is 370 g/mol. The van der Waals surface area contributed by atoms with Gasteiger partial charge in [-0.3, -0.25) is 4.79 Å². The van der Waals surface area contributed by atoms with Crippen molar-refractivity contribution in [1.29, 1.82) is 0 Å². The number of hydrogen-bond donors (Lipinski definition) is 0. The number of Topliss-reactive ketones (excluding diaryl/α,β-unsaturated/α-hetero) is 1. The Balaban J connectivity index is 1.61. The van der Waals surface area contributed by atoms with E-state index in [1.807, 2.05) is 0 Å². The van der Waals surface area contributed by atoms with E-state index in [-0.39, 0.29) is 16.7 Å². The van der Waals surface area contributed by atoms with Crippen LogP contribution in [0.3, 0.4) is 0 Å². The minimum atomic E-state index is -4.04. The van der Waals surface area contributed by atoms with Gasteiger partial charge in [0.25, 0.3) is 0 Å². The highest BCUT2D eigenvalue weighted by Gasteiger charge is 2.62. The Labute approximate surface area is 155 Å². The van der Waals surface area contributed by atoms with Crippen molar-refractivity contribution in [3.05, 3.63) is 0 Å². The zero-order valence-electron chi connectivity index (χ0n) is 16.4. The molecule has 0 aromatic heterocycles. The largest absolute Gasteiger partial charge is 0.391 e. The lowest BCUT2D eigenvalue weighted by molar-refractivity contribution is -0.213. The first-order chi connectivity index (χ1) is 12.1. The second-order valence-electron chi connectivity index (χ2n) is 10.5. The Morgan fingerprint density at radius 2 is 1.54 bits per heavy atom. The molecule has 4 saturated carbocycles. The summed E-state index contributed by atoms with van der Waals surface area (Å²) in [6.45, 7) is 6.23. The zero-order valence-corrected chi connectivity index (χ0v) is 16.4. The molecule has 4 fully saturated rings. The highest BCUT2D eigenvalue weighted by molar-refractivity contribution is 5.79. The van der Waals surface area contributed by atoms with Crippen LogP contribution in [0.4, 0.5) is 13.2 Å². The van der Waals surface area contributed by atoms with E-state index < -0.39 is 12.1 Å². The first-order valence-corrected chi connectivity index (χ1v) is 10.6. The second kappa shape index (κ2) is 5.98. The van der Waals surface area contributed by atoms with Crippen molar-refractivity contribution in [2.24, 2.45) is 46.3 Å². The molecule has 0 heterocycles. The van der Waals surface area contributed by atoms with Gasteiger partial charge in [-0.25, -0.2) is 0 Å². The molecule has 0 bridgehead atoms. The molecule has 0 spiro atoms. The normalized spacial score (nSPS) is 51.3. The van der Waals surface area contributed by atoms with Crippen molar-refractivity contribution in [2.45, 2.75) is 84.7 Å². The van der Waals surface area contributed by atoms with Crippen LogP contribution in [0.5, 0.6) is 0 Å². The van der Waals surface area contributed by atoms with Gasteiger partial charge in [0.15, 0.2) is 0 Å². The van der Waals surface area contributed by atoms with Crippen molar-refractivity contribution in [3.63, 3.8) is 0 Å². The molecule has 8 atom stereocenters. The highest BCUT2D eigenvalue weighted by Crippen LogP contribution is 2.68. The molecule has 148 valence electrons. The summed E-state index contributed by atoms with van der Waals surface area (Å²) in [5.41, 5.74) is -0.0642. The summed E-state index contributed by atoms with van der Waals surface area (Å²) in [7, 11) is 0. The summed E-state index contributed by atoms with van der Waals surface area (Å²) in [6, 6.07) is 0. The van der Waals surface area contributed by atoms with Gasteiger partial charge in [-0.15, -0.1) is 0 Å². The summed E-state index contributed by atoms with van der Waals surface area (Å²) in [4.78, 5) is 12.2. The predicted octanol–water partition coefficient (Wildman–Crippen LogP) is 6.41. The van der Waals surface area contributed by atoms with Crippen molar-refractivity contribution >= 4 is 5.78 Å². The summed E-state index contributed by atoms with van der Waals surface area (Å²) >= 11 is 0. The maximum atomic E-state index is 13.5. The average Bonchev–Trinajstić information content (AvgIpc) is 2.90. The smallest absolute Gasteiger partial charge is 0.300 e.